The molecule has 0 fully saturated rings. The van der Waals surface area contributed by atoms with E-state index in [1.54, 1.807) is 4.68 Å². The number of aromatic nitrogens is 4. The first-order chi connectivity index (χ1) is 7.59. The maximum absolute atomic E-state index is 5.83. The van der Waals surface area contributed by atoms with E-state index < -0.39 is 0 Å². The third kappa shape index (κ3) is 1.92. The fourth-order valence-corrected chi connectivity index (χ4v) is 1.66. The molecule has 0 spiro atoms. The van der Waals surface area contributed by atoms with Crippen molar-refractivity contribution in [3.8, 4) is 11.4 Å². The Morgan fingerprint density at radius 2 is 2.12 bits per heavy atom. The molecule has 0 amide bonds. The highest BCUT2D eigenvalue weighted by molar-refractivity contribution is 9.10. The minimum Gasteiger partial charge on any atom is -0.398 e. The van der Waals surface area contributed by atoms with Crippen LogP contribution in [0.2, 0.25) is 0 Å². The van der Waals surface area contributed by atoms with Crippen LogP contribution in [0.25, 0.3) is 11.4 Å². The number of nitrogens with two attached hydrogens (primary N) is 1. The first-order valence-corrected chi connectivity index (χ1v) is 5.72. The van der Waals surface area contributed by atoms with E-state index >= 15 is 0 Å². The molecule has 1 aromatic heterocycles. The van der Waals surface area contributed by atoms with E-state index in [0.717, 1.165) is 15.9 Å². The summed E-state index contributed by atoms with van der Waals surface area (Å²) >= 11 is 3.36. The third-order valence-electron chi connectivity index (χ3n) is 2.24. The molecule has 0 saturated carbocycles. The molecule has 1 aromatic carbocycles. The van der Waals surface area contributed by atoms with E-state index in [1.807, 2.05) is 32.0 Å². The van der Waals surface area contributed by atoms with Crippen LogP contribution in [-0.2, 0) is 0 Å². The van der Waals surface area contributed by atoms with E-state index in [9.17, 15) is 0 Å². The van der Waals surface area contributed by atoms with Crippen molar-refractivity contribution in [3.05, 3.63) is 22.7 Å². The highest BCUT2D eigenvalue weighted by atomic mass is 79.9. The predicted molar refractivity (Wildman–Crippen MR) is 65.8 cm³/mol. The monoisotopic (exact) mass is 281 g/mol. The number of halogens is 1. The van der Waals surface area contributed by atoms with Gasteiger partial charge in [0.25, 0.3) is 0 Å². The number of hydrogen-bond acceptors (Lipinski definition) is 4. The van der Waals surface area contributed by atoms with Crippen LogP contribution in [0.4, 0.5) is 5.69 Å². The molecule has 0 aliphatic rings. The Kier molecular flexibility index (Phi) is 2.91. The molecule has 0 aliphatic carbocycles. The lowest BCUT2D eigenvalue weighted by Crippen LogP contribution is -2.05. The molecule has 2 N–H and O–H groups in total. The first kappa shape index (κ1) is 11.1. The van der Waals surface area contributed by atoms with E-state index in [0.29, 0.717) is 5.69 Å². The predicted octanol–water partition coefficient (Wildman–Crippen LogP) is 2.27. The van der Waals surface area contributed by atoms with E-state index in [-0.39, 0.29) is 6.04 Å². The molecule has 5 nitrogen and oxygen atoms in total. The minimum atomic E-state index is 0.217. The zero-order chi connectivity index (χ0) is 11.7. The number of nitrogens with zero attached hydrogens (tertiary/aromatic N) is 4. The molecule has 0 unspecified atom stereocenters. The standard InChI is InChI=1S/C10H12BrN5/c1-6(2)16-10(13-14-15-16)7-3-4-8(11)9(12)5-7/h3-6H,12H2,1-2H3. The van der Waals surface area contributed by atoms with Crippen molar-refractivity contribution in [2.24, 2.45) is 0 Å². The Morgan fingerprint density at radius 1 is 1.38 bits per heavy atom. The lowest BCUT2D eigenvalue weighted by Gasteiger charge is -2.08. The van der Waals surface area contributed by atoms with Gasteiger partial charge in [-0.15, -0.1) is 5.10 Å². The number of anilines is 1. The van der Waals surface area contributed by atoms with Crippen molar-refractivity contribution >= 4 is 21.6 Å². The van der Waals surface area contributed by atoms with Gasteiger partial charge in [0.2, 0.25) is 0 Å². The average molecular weight is 282 g/mol. The molecule has 0 aliphatic heterocycles. The first-order valence-electron chi connectivity index (χ1n) is 4.93. The van der Waals surface area contributed by atoms with Crippen molar-refractivity contribution in [2.45, 2.75) is 19.9 Å². The van der Waals surface area contributed by atoms with Crippen molar-refractivity contribution in [1.82, 2.24) is 20.2 Å². The molecular formula is C10H12BrN5. The number of hydrogen-bond donors (Lipinski definition) is 1. The van der Waals surface area contributed by atoms with E-state index in [1.165, 1.54) is 0 Å². The molecule has 1 heterocycles. The molecule has 16 heavy (non-hydrogen) atoms. The highest BCUT2D eigenvalue weighted by Gasteiger charge is 2.12. The van der Waals surface area contributed by atoms with Crippen LogP contribution in [0.1, 0.15) is 19.9 Å². The summed E-state index contributed by atoms with van der Waals surface area (Å²) in [6.45, 7) is 4.06. The summed E-state index contributed by atoms with van der Waals surface area (Å²) in [6.07, 6.45) is 0. The number of nitrogen functional groups attached to an aromatic ring is 1. The van der Waals surface area contributed by atoms with Crippen LogP contribution >= 0.6 is 15.9 Å². The number of tetrazole rings is 1. The largest absolute Gasteiger partial charge is 0.398 e. The second kappa shape index (κ2) is 4.21. The molecule has 2 rings (SSSR count). The zero-order valence-corrected chi connectivity index (χ0v) is 10.6. The topological polar surface area (TPSA) is 69.6 Å². The molecule has 2 aromatic rings. The molecule has 0 saturated heterocycles. The fourth-order valence-electron chi connectivity index (χ4n) is 1.41. The molecule has 6 heteroatoms. The maximum Gasteiger partial charge on any atom is 0.182 e. The number of benzene rings is 1. The van der Waals surface area contributed by atoms with Crippen molar-refractivity contribution in [1.29, 1.82) is 0 Å². The van der Waals surface area contributed by atoms with E-state index in [2.05, 4.69) is 31.5 Å². The molecule has 0 radical (unpaired) electrons. The van der Waals surface area contributed by atoms with Gasteiger partial charge < -0.3 is 5.73 Å². The van der Waals surface area contributed by atoms with Crippen LogP contribution in [-0.4, -0.2) is 20.2 Å². The lowest BCUT2D eigenvalue weighted by molar-refractivity contribution is 0.519. The fraction of sp³-hybridized carbons (Fsp3) is 0.300. The van der Waals surface area contributed by atoms with Gasteiger partial charge in [-0.2, -0.15) is 0 Å². The summed E-state index contributed by atoms with van der Waals surface area (Å²) in [5.41, 5.74) is 7.42. The SMILES string of the molecule is CC(C)n1nnnc1-c1ccc(Br)c(N)c1. The van der Waals surface area contributed by atoms with Crippen LogP contribution in [0.15, 0.2) is 22.7 Å². The summed E-state index contributed by atoms with van der Waals surface area (Å²) in [5, 5.41) is 11.6. The molecule has 0 atom stereocenters. The van der Waals surface area contributed by atoms with Crippen LogP contribution in [0.5, 0.6) is 0 Å². The Labute approximate surface area is 102 Å². The van der Waals surface area contributed by atoms with Gasteiger partial charge >= 0.3 is 0 Å². The van der Waals surface area contributed by atoms with Crippen LogP contribution < -0.4 is 5.73 Å². The van der Waals surface area contributed by atoms with Gasteiger partial charge in [0.05, 0.1) is 6.04 Å². The van der Waals surface area contributed by atoms with Crippen molar-refractivity contribution < 1.29 is 0 Å². The Morgan fingerprint density at radius 3 is 2.75 bits per heavy atom. The van der Waals surface area contributed by atoms with Gasteiger partial charge in [-0.3, -0.25) is 0 Å². The van der Waals surface area contributed by atoms with Gasteiger partial charge in [0.1, 0.15) is 0 Å². The summed E-state index contributed by atoms with van der Waals surface area (Å²) in [4.78, 5) is 0. The molecule has 84 valence electrons. The Bertz CT molecular complexity index is 506. The van der Waals surface area contributed by atoms with E-state index in [4.69, 9.17) is 5.73 Å². The van der Waals surface area contributed by atoms with Gasteiger partial charge in [0, 0.05) is 15.7 Å². The second-order valence-corrected chi connectivity index (χ2v) is 4.63. The van der Waals surface area contributed by atoms with Gasteiger partial charge in [-0.25, -0.2) is 4.68 Å². The summed E-state index contributed by atoms with van der Waals surface area (Å²) < 4.78 is 2.64. The Hall–Kier alpha value is -1.43. The minimum absolute atomic E-state index is 0.217. The summed E-state index contributed by atoms with van der Waals surface area (Å²) in [6, 6.07) is 5.90. The zero-order valence-electron chi connectivity index (χ0n) is 9.05. The highest BCUT2D eigenvalue weighted by Crippen LogP contribution is 2.26. The lowest BCUT2D eigenvalue weighted by atomic mass is 10.2. The average Bonchev–Trinajstić information content (AvgIpc) is 2.71. The van der Waals surface area contributed by atoms with Gasteiger partial charge in [-0.05, 0) is 58.4 Å². The van der Waals surface area contributed by atoms with Gasteiger partial charge in [-0.1, -0.05) is 0 Å². The van der Waals surface area contributed by atoms with Gasteiger partial charge in [0.15, 0.2) is 5.82 Å². The maximum atomic E-state index is 5.83. The molecule has 0 bridgehead atoms. The number of rotatable bonds is 2. The second-order valence-electron chi connectivity index (χ2n) is 3.78. The smallest absolute Gasteiger partial charge is 0.182 e. The molecular weight excluding hydrogens is 270 g/mol. The quantitative estimate of drug-likeness (QED) is 0.858. The van der Waals surface area contributed by atoms with Crippen LogP contribution in [0, 0.1) is 0 Å². The van der Waals surface area contributed by atoms with Crippen LogP contribution in [0.3, 0.4) is 0 Å². The Balaban J connectivity index is 2.50. The third-order valence-corrected chi connectivity index (χ3v) is 2.96. The summed E-state index contributed by atoms with van der Waals surface area (Å²) in [5.74, 6) is 0.731. The van der Waals surface area contributed by atoms with Crippen molar-refractivity contribution in [2.75, 3.05) is 5.73 Å². The van der Waals surface area contributed by atoms with Crippen molar-refractivity contribution in [3.63, 3.8) is 0 Å². The normalized spacial score (nSPS) is 11.0. The summed E-state index contributed by atoms with van der Waals surface area (Å²) in [7, 11) is 0.